The number of carboxylic acids is 2. The number of amides is 2. The van der Waals surface area contributed by atoms with Crippen LogP contribution in [0.4, 0.5) is 0 Å². The summed E-state index contributed by atoms with van der Waals surface area (Å²) in [6, 6.07) is -1.57. The summed E-state index contributed by atoms with van der Waals surface area (Å²) in [4.78, 5) is 48.7. The molecule has 1 saturated carbocycles. The van der Waals surface area contributed by atoms with Gasteiger partial charge in [0.2, 0.25) is 11.8 Å². The van der Waals surface area contributed by atoms with Crippen LogP contribution in [0.15, 0.2) is 0 Å². The molecule has 29 heavy (non-hydrogen) atoms. The van der Waals surface area contributed by atoms with Crippen LogP contribution in [0.5, 0.6) is 0 Å². The second-order valence-corrected chi connectivity index (χ2v) is 12.2. The van der Waals surface area contributed by atoms with Crippen molar-refractivity contribution in [3.05, 3.63) is 0 Å². The Bertz CT molecular complexity index is 703. The number of hydrogen-bond donors (Lipinski definition) is 3. The topological polar surface area (TPSA) is 124 Å². The third-order valence-corrected chi connectivity index (χ3v) is 10.1. The minimum atomic E-state index is -1.03. The second kappa shape index (κ2) is 8.97. The highest BCUT2D eigenvalue weighted by molar-refractivity contribution is 8.04. The molecule has 2 aliphatic heterocycles. The lowest BCUT2D eigenvalue weighted by atomic mass is 9.96. The zero-order valence-electron chi connectivity index (χ0n) is 16.3. The molecule has 2 unspecified atom stereocenters. The van der Waals surface area contributed by atoms with Crippen molar-refractivity contribution in [2.75, 3.05) is 11.5 Å². The summed E-state index contributed by atoms with van der Waals surface area (Å²) < 4.78 is -0.614. The molecule has 3 N–H and O–H groups in total. The standard InChI is InChI=1S/C18H26N2O6S3/c1-18(2)14(17(25)26)20-15(24)13(16(20)29-18)19-11(21)7-27-9-5-3-4-6-10(9)28-8-12(22)23/h9-10,13-14,16H,3-8H2,1-2H3,(H,19,21)(H,22,23)(H,25,26)/t9?,10?,13-,14+,16-/m1/s1. The Hall–Kier alpha value is -1.07. The SMILES string of the molecule is CC1(C)S[C@@H]2[C@H](NC(=O)CSC3CCCCC3SCC(=O)O)C(=O)N2[C@H]1C(=O)O. The summed E-state index contributed by atoms with van der Waals surface area (Å²) >= 11 is 4.37. The molecule has 3 aliphatic rings. The van der Waals surface area contributed by atoms with E-state index >= 15 is 0 Å². The van der Waals surface area contributed by atoms with Crippen molar-refractivity contribution >= 4 is 59.0 Å². The number of nitrogens with one attached hydrogen (secondary N) is 1. The van der Waals surface area contributed by atoms with Crippen LogP contribution in [-0.2, 0) is 19.2 Å². The van der Waals surface area contributed by atoms with Crippen molar-refractivity contribution in [2.24, 2.45) is 0 Å². The molecule has 8 nitrogen and oxygen atoms in total. The van der Waals surface area contributed by atoms with E-state index in [4.69, 9.17) is 5.11 Å². The zero-order chi connectivity index (χ0) is 21.3. The van der Waals surface area contributed by atoms with Crippen LogP contribution in [0.3, 0.4) is 0 Å². The van der Waals surface area contributed by atoms with E-state index in [0.29, 0.717) is 0 Å². The molecule has 0 radical (unpaired) electrons. The molecular weight excluding hydrogens is 436 g/mol. The second-order valence-electron chi connectivity index (χ2n) is 8.02. The van der Waals surface area contributed by atoms with Crippen LogP contribution in [0.2, 0.25) is 0 Å². The van der Waals surface area contributed by atoms with Gasteiger partial charge in [-0.05, 0) is 26.7 Å². The van der Waals surface area contributed by atoms with Gasteiger partial charge in [0, 0.05) is 15.2 Å². The predicted octanol–water partition coefficient (Wildman–Crippen LogP) is 1.48. The van der Waals surface area contributed by atoms with Crippen molar-refractivity contribution < 1.29 is 29.4 Å². The third-order valence-electron chi connectivity index (χ3n) is 5.48. The van der Waals surface area contributed by atoms with Crippen LogP contribution in [0.25, 0.3) is 0 Å². The number of β-lactam (4-membered cyclic amide) rings is 1. The Labute approximate surface area is 182 Å². The fraction of sp³-hybridized carbons (Fsp3) is 0.778. The molecule has 5 atom stereocenters. The monoisotopic (exact) mass is 462 g/mol. The van der Waals surface area contributed by atoms with Crippen LogP contribution in [0, 0.1) is 0 Å². The van der Waals surface area contributed by atoms with Gasteiger partial charge in [0.1, 0.15) is 17.5 Å². The van der Waals surface area contributed by atoms with Crippen molar-refractivity contribution in [3.63, 3.8) is 0 Å². The van der Waals surface area contributed by atoms with Crippen molar-refractivity contribution in [1.29, 1.82) is 0 Å². The normalized spacial score (nSPS) is 33.0. The Kier molecular flexibility index (Phi) is 6.99. The van der Waals surface area contributed by atoms with E-state index in [1.165, 1.54) is 40.2 Å². The number of aliphatic carboxylic acids is 2. The Morgan fingerprint density at radius 2 is 1.72 bits per heavy atom. The highest BCUT2D eigenvalue weighted by atomic mass is 32.2. The van der Waals surface area contributed by atoms with Gasteiger partial charge in [-0.15, -0.1) is 35.3 Å². The van der Waals surface area contributed by atoms with Crippen molar-refractivity contribution in [2.45, 2.75) is 72.2 Å². The van der Waals surface area contributed by atoms with E-state index in [1.54, 1.807) is 13.8 Å². The first-order chi connectivity index (χ1) is 13.6. The molecule has 0 bridgehead atoms. The number of thioether (sulfide) groups is 3. The molecule has 2 saturated heterocycles. The van der Waals surface area contributed by atoms with E-state index in [-0.39, 0.29) is 39.2 Å². The molecule has 162 valence electrons. The van der Waals surface area contributed by atoms with E-state index in [1.807, 2.05) is 0 Å². The summed E-state index contributed by atoms with van der Waals surface area (Å²) in [5.74, 6) is -2.15. The summed E-state index contributed by atoms with van der Waals surface area (Å²) in [6.07, 6.45) is 4.06. The Balaban J connectivity index is 1.51. The molecule has 1 aliphatic carbocycles. The van der Waals surface area contributed by atoms with Gasteiger partial charge in [0.05, 0.1) is 11.5 Å². The fourth-order valence-corrected chi connectivity index (χ4v) is 8.44. The number of rotatable bonds is 8. The minimum Gasteiger partial charge on any atom is -0.481 e. The van der Waals surface area contributed by atoms with Crippen LogP contribution in [-0.4, -0.2) is 83.1 Å². The molecule has 11 heteroatoms. The van der Waals surface area contributed by atoms with E-state index in [9.17, 15) is 24.3 Å². The molecule has 3 fully saturated rings. The largest absolute Gasteiger partial charge is 0.481 e. The molecule has 3 rings (SSSR count). The molecule has 0 aromatic rings. The van der Waals surface area contributed by atoms with Crippen molar-refractivity contribution in [3.8, 4) is 0 Å². The van der Waals surface area contributed by atoms with Gasteiger partial charge in [-0.25, -0.2) is 4.79 Å². The number of nitrogens with zero attached hydrogens (tertiary/aromatic N) is 1. The molecule has 0 aromatic heterocycles. The number of fused-ring (bicyclic) bond motifs is 1. The van der Waals surface area contributed by atoms with Gasteiger partial charge in [-0.3, -0.25) is 14.4 Å². The quantitative estimate of drug-likeness (QED) is 0.460. The van der Waals surface area contributed by atoms with Gasteiger partial charge in [-0.2, -0.15) is 0 Å². The summed E-state index contributed by atoms with van der Waals surface area (Å²) in [5, 5.41) is 21.2. The highest BCUT2D eigenvalue weighted by Gasteiger charge is 2.64. The summed E-state index contributed by atoms with van der Waals surface area (Å²) in [6.45, 7) is 3.60. The maximum absolute atomic E-state index is 12.5. The van der Waals surface area contributed by atoms with Gasteiger partial charge in [-0.1, -0.05) is 12.8 Å². The first kappa shape index (κ1) is 22.6. The first-order valence-corrected chi connectivity index (χ1v) is 12.6. The number of carboxylic acid groups (broad SMARTS) is 2. The lowest BCUT2D eigenvalue weighted by Gasteiger charge is -2.43. The van der Waals surface area contributed by atoms with Crippen LogP contribution < -0.4 is 5.32 Å². The Morgan fingerprint density at radius 1 is 1.14 bits per heavy atom. The maximum Gasteiger partial charge on any atom is 0.327 e. The lowest BCUT2D eigenvalue weighted by Crippen LogP contribution is -2.70. The van der Waals surface area contributed by atoms with Crippen molar-refractivity contribution in [1.82, 2.24) is 10.2 Å². The number of hydrogen-bond acceptors (Lipinski definition) is 7. The van der Waals surface area contributed by atoms with E-state index in [2.05, 4.69) is 5.32 Å². The molecule has 0 spiro atoms. The third kappa shape index (κ3) is 4.82. The van der Waals surface area contributed by atoms with Gasteiger partial charge in [0.15, 0.2) is 0 Å². The van der Waals surface area contributed by atoms with E-state index < -0.39 is 28.8 Å². The van der Waals surface area contributed by atoms with Gasteiger partial charge >= 0.3 is 11.9 Å². The van der Waals surface area contributed by atoms with Gasteiger partial charge < -0.3 is 20.4 Å². The zero-order valence-corrected chi connectivity index (χ0v) is 18.8. The first-order valence-electron chi connectivity index (χ1n) is 9.59. The van der Waals surface area contributed by atoms with Crippen LogP contribution >= 0.6 is 35.3 Å². The van der Waals surface area contributed by atoms with Crippen LogP contribution in [0.1, 0.15) is 39.5 Å². The molecule has 0 aromatic carbocycles. The molecule has 2 amide bonds. The smallest absolute Gasteiger partial charge is 0.327 e. The summed E-state index contributed by atoms with van der Waals surface area (Å²) in [7, 11) is 0. The molecular formula is C18H26N2O6S3. The van der Waals surface area contributed by atoms with E-state index in [0.717, 1.165) is 25.7 Å². The van der Waals surface area contributed by atoms with Gasteiger partial charge in [0.25, 0.3) is 0 Å². The number of carbonyl (C=O) groups excluding carboxylic acids is 2. The summed E-state index contributed by atoms with van der Waals surface area (Å²) in [5.41, 5.74) is 0. The average Bonchev–Trinajstić information content (AvgIpc) is 2.91. The average molecular weight is 463 g/mol. The lowest BCUT2D eigenvalue weighted by molar-refractivity contribution is -0.160. The Morgan fingerprint density at radius 3 is 2.28 bits per heavy atom. The minimum absolute atomic E-state index is 0.0692. The number of carbonyl (C=O) groups is 4. The predicted molar refractivity (Wildman–Crippen MR) is 114 cm³/mol. The highest BCUT2D eigenvalue weighted by Crippen LogP contribution is 2.50. The molecule has 2 heterocycles. The maximum atomic E-state index is 12.5. The fourth-order valence-electron chi connectivity index (χ4n) is 4.17.